The second-order valence-corrected chi connectivity index (χ2v) is 9.66. The quantitative estimate of drug-likeness (QED) is 0.479. The van der Waals surface area contributed by atoms with Crippen molar-refractivity contribution in [2.45, 2.75) is 46.1 Å². The molecular weight excluding hydrogens is 430 g/mol. The Labute approximate surface area is 189 Å². The summed E-state index contributed by atoms with van der Waals surface area (Å²) in [5.41, 5.74) is 3.81. The summed E-state index contributed by atoms with van der Waals surface area (Å²) in [4.78, 5) is 25.2. The minimum Gasteiger partial charge on any atom is -0.462 e. The van der Waals surface area contributed by atoms with Crippen molar-refractivity contribution in [1.29, 1.82) is 0 Å². The highest BCUT2D eigenvalue weighted by molar-refractivity contribution is 7.89. The van der Waals surface area contributed by atoms with E-state index in [2.05, 4.69) is 5.32 Å². The zero-order valence-electron chi connectivity index (χ0n) is 19.6. The summed E-state index contributed by atoms with van der Waals surface area (Å²) in [6.07, 6.45) is 2.92. The largest absolute Gasteiger partial charge is 0.462 e. The molecule has 0 unspecified atom stereocenters. The summed E-state index contributed by atoms with van der Waals surface area (Å²) in [7, 11) is -0.732. The molecule has 1 aromatic heterocycles. The highest BCUT2D eigenvalue weighted by Gasteiger charge is 2.22. The van der Waals surface area contributed by atoms with Gasteiger partial charge in [-0.1, -0.05) is 6.07 Å². The maximum absolute atomic E-state index is 12.6. The molecule has 9 heteroatoms. The smallest absolute Gasteiger partial charge is 0.340 e. The van der Waals surface area contributed by atoms with E-state index in [9.17, 15) is 18.0 Å². The van der Waals surface area contributed by atoms with E-state index in [0.717, 1.165) is 21.3 Å². The van der Waals surface area contributed by atoms with Gasteiger partial charge in [0.15, 0.2) is 0 Å². The summed E-state index contributed by atoms with van der Waals surface area (Å²) in [6.45, 7) is 10.2. The number of aryl methyl sites for hydroxylation is 1. The number of nitrogens with one attached hydrogen (secondary N) is 1. The number of aromatic nitrogens is 1. The van der Waals surface area contributed by atoms with Gasteiger partial charge >= 0.3 is 5.97 Å². The van der Waals surface area contributed by atoms with Crippen LogP contribution in [0.5, 0.6) is 0 Å². The van der Waals surface area contributed by atoms with Crippen LogP contribution in [0.15, 0.2) is 29.2 Å². The van der Waals surface area contributed by atoms with Gasteiger partial charge in [-0.2, -0.15) is 0 Å². The van der Waals surface area contributed by atoms with E-state index in [0.29, 0.717) is 23.4 Å². The fourth-order valence-corrected chi connectivity index (χ4v) is 4.42. The van der Waals surface area contributed by atoms with Gasteiger partial charge in [-0.25, -0.2) is 17.5 Å². The molecule has 0 fully saturated rings. The lowest BCUT2D eigenvalue weighted by Crippen LogP contribution is -2.22. The van der Waals surface area contributed by atoms with Crippen LogP contribution < -0.4 is 5.32 Å². The van der Waals surface area contributed by atoms with E-state index in [-0.39, 0.29) is 11.5 Å². The average Bonchev–Trinajstić information content (AvgIpc) is 2.96. The molecule has 1 amide bonds. The third-order valence-corrected chi connectivity index (χ3v) is 7.08. The second-order valence-electron chi connectivity index (χ2n) is 7.51. The van der Waals surface area contributed by atoms with Crippen molar-refractivity contribution in [2.75, 3.05) is 26.0 Å². The number of hydrogen-bond donors (Lipinski definition) is 1. The topological polar surface area (TPSA) is 97.7 Å². The summed E-state index contributed by atoms with van der Waals surface area (Å²) in [5.74, 6) is -0.874. The van der Waals surface area contributed by atoms with E-state index >= 15 is 0 Å². The first-order valence-corrected chi connectivity index (χ1v) is 11.8. The van der Waals surface area contributed by atoms with Crippen molar-refractivity contribution in [3.05, 3.63) is 52.4 Å². The normalized spacial score (nSPS) is 11.9. The van der Waals surface area contributed by atoms with Crippen molar-refractivity contribution in [1.82, 2.24) is 8.87 Å². The first-order valence-electron chi connectivity index (χ1n) is 10.3. The molecule has 32 heavy (non-hydrogen) atoms. The van der Waals surface area contributed by atoms with Crippen LogP contribution in [0.1, 0.15) is 46.7 Å². The van der Waals surface area contributed by atoms with E-state index in [4.69, 9.17) is 4.74 Å². The van der Waals surface area contributed by atoms with E-state index in [1.165, 1.54) is 32.3 Å². The lowest BCUT2D eigenvalue weighted by molar-refractivity contribution is -0.111. The van der Waals surface area contributed by atoms with Crippen LogP contribution in [0.4, 0.5) is 5.69 Å². The maximum Gasteiger partial charge on any atom is 0.340 e. The van der Waals surface area contributed by atoms with Gasteiger partial charge in [-0.15, -0.1) is 0 Å². The first kappa shape index (κ1) is 25.4. The molecule has 0 saturated carbocycles. The van der Waals surface area contributed by atoms with Crippen molar-refractivity contribution in [2.24, 2.45) is 0 Å². The fraction of sp³-hybridized carbons (Fsp3) is 0.391. The number of carbonyl (C=O) groups excluding carboxylic acids is 2. The molecule has 2 aromatic rings. The fourth-order valence-electron chi connectivity index (χ4n) is 3.49. The van der Waals surface area contributed by atoms with Crippen LogP contribution in [-0.2, 0) is 26.1 Å². The van der Waals surface area contributed by atoms with Gasteiger partial charge < -0.3 is 14.6 Å². The third kappa shape index (κ3) is 5.11. The number of carbonyl (C=O) groups is 2. The van der Waals surface area contributed by atoms with E-state index in [1.54, 1.807) is 26.0 Å². The van der Waals surface area contributed by atoms with Crippen LogP contribution in [-0.4, -0.2) is 49.9 Å². The SMILES string of the molecule is CCOC(=O)c1c(/C=C/C(=O)Nc2cc(S(=O)(=O)N(C)C)ccc2C)c(C)n(CC)c1C. The van der Waals surface area contributed by atoms with Gasteiger partial charge in [0.05, 0.1) is 17.1 Å². The zero-order chi connectivity index (χ0) is 24.2. The molecule has 0 aliphatic rings. The van der Waals surface area contributed by atoms with Crippen molar-refractivity contribution in [3.63, 3.8) is 0 Å². The first-order chi connectivity index (χ1) is 14.9. The Kier molecular flexibility index (Phi) is 8.03. The molecule has 1 aromatic carbocycles. The molecule has 0 atom stereocenters. The predicted octanol–water partition coefficient (Wildman–Crippen LogP) is 3.51. The molecule has 8 nitrogen and oxygen atoms in total. The van der Waals surface area contributed by atoms with Gasteiger partial charge in [0.2, 0.25) is 15.9 Å². The highest BCUT2D eigenvalue weighted by atomic mass is 32.2. The van der Waals surface area contributed by atoms with Gasteiger partial charge in [-0.3, -0.25) is 4.79 Å². The second kappa shape index (κ2) is 10.1. The molecule has 0 aliphatic carbocycles. The molecule has 0 bridgehead atoms. The third-order valence-electron chi connectivity index (χ3n) is 5.27. The summed E-state index contributed by atoms with van der Waals surface area (Å²) < 4.78 is 33.1. The number of benzene rings is 1. The lowest BCUT2D eigenvalue weighted by Gasteiger charge is -2.14. The number of hydrogen-bond acceptors (Lipinski definition) is 5. The number of rotatable bonds is 8. The van der Waals surface area contributed by atoms with Crippen LogP contribution in [0.3, 0.4) is 0 Å². The Hall–Kier alpha value is -2.91. The number of anilines is 1. The molecule has 0 spiro atoms. The van der Waals surface area contributed by atoms with Crippen molar-refractivity contribution >= 4 is 33.7 Å². The van der Waals surface area contributed by atoms with Crippen molar-refractivity contribution in [3.8, 4) is 0 Å². The monoisotopic (exact) mass is 461 g/mol. The lowest BCUT2D eigenvalue weighted by atomic mass is 10.1. The minimum absolute atomic E-state index is 0.0865. The highest BCUT2D eigenvalue weighted by Crippen LogP contribution is 2.26. The number of amides is 1. The van der Waals surface area contributed by atoms with Crippen LogP contribution >= 0.6 is 0 Å². The van der Waals surface area contributed by atoms with Gasteiger partial charge in [0.25, 0.3) is 0 Å². The Morgan fingerprint density at radius 3 is 2.34 bits per heavy atom. The van der Waals surface area contributed by atoms with Gasteiger partial charge in [0.1, 0.15) is 0 Å². The molecule has 2 rings (SSSR count). The molecular formula is C23H31N3O5S. The summed E-state index contributed by atoms with van der Waals surface area (Å²) in [6, 6.07) is 4.58. The minimum atomic E-state index is -3.63. The molecule has 174 valence electrons. The Morgan fingerprint density at radius 1 is 1.12 bits per heavy atom. The van der Waals surface area contributed by atoms with Crippen molar-refractivity contribution < 1.29 is 22.7 Å². The average molecular weight is 462 g/mol. The maximum atomic E-state index is 12.6. The van der Waals surface area contributed by atoms with E-state index in [1.807, 2.05) is 25.3 Å². The predicted molar refractivity (Wildman–Crippen MR) is 125 cm³/mol. The number of esters is 1. The molecule has 1 heterocycles. The van der Waals surface area contributed by atoms with Crippen LogP contribution in [0.2, 0.25) is 0 Å². The van der Waals surface area contributed by atoms with Crippen LogP contribution in [0.25, 0.3) is 6.08 Å². The standard InChI is InChI=1S/C23H31N3O5S/c1-8-26-16(4)19(22(17(26)5)23(28)31-9-2)12-13-21(27)24-20-14-18(11-10-15(20)3)32(29,30)25(6)7/h10-14H,8-9H2,1-7H3,(H,24,27)/b13-12+. The Bertz CT molecular complexity index is 1160. The molecule has 0 radical (unpaired) electrons. The molecule has 0 saturated heterocycles. The Morgan fingerprint density at radius 2 is 1.78 bits per heavy atom. The van der Waals surface area contributed by atoms with Crippen LogP contribution in [0, 0.1) is 20.8 Å². The summed E-state index contributed by atoms with van der Waals surface area (Å²) >= 11 is 0. The van der Waals surface area contributed by atoms with Gasteiger partial charge in [0, 0.05) is 49.4 Å². The number of nitrogens with zero attached hydrogens (tertiary/aromatic N) is 2. The van der Waals surface area contributed by atoms with Gasteiger partial charge in [-0.05, 0) is 58.4 Å². The number of ether oxygens (including phenoxy) is 1. The molecule has 1 N–H and O–H groups in total. The Balaban J connectivity index is 2.37. The number of sulfonamides is 1. The zero-order valence-corrected chi connectivity index (χ0v) is 20.5. The summed E-state index contributed by atoms with van der Waals surface area (Å²) in [5, 5.41) is 2.73. The molecule has 0 aliphatic heterocycles. The van der Waals surface area contributed by atoms with E-state index < -0.39 is 21.9 Å².